The summed E-state index contributed by atoms with van der Waals surface area (Å²) >= 11 is 1.51. The van der Waals surface area contributed by atoms with Gasteiger partial charge in [0.2, 0.25) is 23.6 Å². The summed E-state index contributed by atoms with van der Waals surface area (Å²) in [6.45, 7) is 13.5. The highest BCUT2D eigenvalue weighted by Crippen LogP contribution is 2.33. The van der Waals surface area contributed by atoms with Crippen molar-refractivity contribution in [2.75, 3.05) is 33.9 Å². The lowest BCUT2D eigenvalue weighted by Gasteiger charge is -2.47. The van der Waals surface area contributed by atoms with Gasteiger partial charge in [0.05, 0.1) is 48.2 Å². The van der Waals surface area contributed by atoms with Crippen molar-refractivity contribution >= 4 is 35.0 Å². The van der Waals surface area contributed by atoms with Gasteiger partial charge in [-0.15, -0.1) is 11.3 Å². The molecule has 1 aromatic carbocycles. The second-order valence-electron chi connectivity index (χ2n) is 16.2. The summed E-state index contributed by atoms with van der Waals surface area (Å²) in [6.07, 6.45) is 6.30. The molecule has 2 aromatic rings. The Labute approximate surface area is 332 Å². The number of benzene rings is 1. The van der Waals surface area contributed by atoms with E-state index in [1.54, 1.807) is 20.4 Å². The van der Waals surface area contributed by atoms with Gasteiger partial charge in [-0.05, 0) is 69.4 Å². The Morgan fingerprint density at radius 1 is 1.02 bits per heavy atom. The molecular weight excluding hydrogens is 717 g/mol. The molecule has 306 valence electrons. The van der Waals surface area contributed by atoms with Gasteiger partial charge in [0, 0.05) is 44.8 Å². The number of piperidine rings is 1. The van der Waals surface area contributed by atoms with Crippen molar-refractivity contribution in [1.29, 1.82) is 0 Å². The lowest BCUT2D eigenvalue weighted by molar-refractivity contribution is -0.143. The summed E-state index contributed by atoms with van der Waals surface area (Å²) in [5, 5.41) is 9.20. The second kappa shape index (κ2) is 20.7. The molecule has 0 radical (unpaired) electrons. The van der Waals surface area contributed by atoms with Crippen molar-refractivity contribution in [1.82, 2.24) is 25.4 Å². The largest absolute Gasteiger partial charge is 0.381 e. The van der Waals surface area contributed by atoms with Crippen molar-refractivity contribution in [2.45, 2.75) is 129 Å². The molecule has 0 bridgehead atoms. The van der Waals surface area contributed by atoms with Crippen LogP contribution in [-0.4, -0.2) is 102 Å². The molecule has 0 saturated carbocycles. The van der Waals surface area contributed by atoms with Crippen LogP contribution in [0.4, 0.5) is 0 Å². The van der Waals surface area contributed by atoms with E-state index in [9.17, 15) is 19.2 Å². The van der Waals surface area contributed by atoms with Gasteiger partial charge in [0.25, 0.3) is 0 Å². The van der Waals surface area contributed by atoms with E-state index in [1.807, 2.05) is 73.2 Å². The van der Waals surface area contributed by atoms with Crippen LogP contribution in [-0.2, 0) is 35.1 Å². The summed E-state index contributed by atoms with van der Waals surface area (Å²) < 4.78 is 12.1. The zero-order valence-corrected chi connectivity index (χ0v) is 35.1. The third-order valence-corrected chi connectivity index (χ3v) is 13.2. The first-order valence-corrected chi connectivity index (χ1v) is 21.1. The number of likely N-dealkylation sites (tertiary alicyclic amines) is 2. The Balaban J connectivity index is 1.45. The van der Waals surface area contributed by atoms with E-state index in [0.29, 0.717) is 32.5 Å². The van der Waals surface area contributed by atoms with Crippen LogP contribution in [0, 0.1) is 23.7 Å². The van der Waals surface area contributed by atoms with E-state index in [0.717, 1.165) is 42.7 Å². The average Bonchev–Trinajstić information content (AvgIpc) is 3.89. The monoisotopic (exact) mass is 782 g/mol. The smallest absolute Gasteiger partial charge is 0.237 e. The number of thiazole rings is 1. The molecule has 1 unspecified atom stereocenters. The Morgan fingerprint density at radius 3 is 2.35 bits per heavy atom. The zero-order valence-electron chi connectivity index (χ0n) is 34.3. The van der Waals surface area contributed by atoms with Crippen molar-refractivity contribution in [3.8, 4) is 0 Å². The molecule has 12 nitrogen and oxygen atoms in total. The van der Waals surface area contributed by atoms with E-state index in [2.05, 4.69) is 29.5 Å². The molecule has 3 heterocycles. The van der Waals surface area contributed by atoms with E-state index < -0.39 is 35.6 Å². The topological polar surface area (TPSA) is 156 Å². The number of methoxy groups -OCH3 is 2. The van der Waals surface area contributed by atoms with Crippen LogP contribution in [0.5, 0.6) is 0 Å². The first-order valence-electron chi connectivity index (χ1n) is 20.2. The quantitative estimate of drug-likeness (QED) is 0.167. The summed E-state index contributed by atoms with van der Waals surface area (Å²) in [7, 11) is 3.23. The normalized spacial score (nSPS) is 23.0. The number of amides is 4. The molecule has 2 saturated heterocycles. The zero-order chi connectivity index (χ0) is 40.3. The highest BCUT2D eigenvalue weighted by atomic mass is 32.1. The Bertz CT molecular complexity index is 1530. The summed E-state index contributed by atoms with van der Waals surface area (Å²) in [5.74, 6) is -1.34. The van der Waals surface area contributed by atoms with Gasteiger partial charge in [-0.2, -0.15) is 0 Å². The van der Waals surface area contributed by atoms with E-state index in [4.69, 9.17) is 15.2 Å². The maximum atomic E-state index is 14.2. The third-order valence-electron chi connectivity index (χ3n) is 12.3. The molecule has 2 aliphatic rings. The molecule has 9 atom stereocenters. The highest BCUT2D eigenvalue weighted by Gasteiger charge is 2.47. The maximum Gasteiger partial charge on any atom is 0.237 e. The van der Waals surface area contributed by atoms with E-state index in [1.165, 1.54) is 11.3 Å². The molecule has 0 spiro atoms. The Kier molecular flexibility index (Phi) is 16.7. The van der Waals surface area contributed by atoms with Crippen molar-refractivity contribution in [3.05, 3.63) is 52.5 Å². The molecule has 1 aromatic heterocycles. The van der Waals surface area contributed by atoms with Crippen molar-refractivity contribution in [2.24, 2.45) is 29.4 Å². The minimum atomic E-state index is -0.891. The van der Waals surface area contributed by atoms with Crippen LogP contribution in [0.1, 0.15) is 103 Å². The molecule has 13 heteroatoms. The van der Waals surface area contributed by atoms with E-state index >= 15 is 0 Å². The van der Waals surface area contributed by atoms with E-state index in [-0.39, 0.29) is 54.0 Å². The molecule has 2 fully saturated rings. The standard InChI is InChI=1S/C42H66N6O6S/c1-9-28(4)31(26-45-39(51)36(27(2)3)48-22-14-13-19-42(48,6)41(43)52)34(53-7)25-35(49)47-21-15-18-33(47)37(54-8)29(5)38(50)46-32(40-44-20-23-55-40)24-30-16-11-10-12-17-30/h10-12,16-17,20,23,27-29,31-34,36-37H,9,13-15,18-19,21-22,24-26H2,1-8H3,(H2,43,52)(H,45,51)(H,46,50)/t28-,29+,31+,32-,33-,34-,36-,37+,42?/m0/s1. The number of rotatable bonds is 20. The van der Waals surface area contributed by atoms with Gasteiger partial charge in [-0.1, -0.05) is 71.4 Å². The van der Waals surface area contributed by atoms with Crippen LogP contribution < -0.4 is 16.4 Å². The van der Waals surface area contributed by atoms with Crippen molar-refractivity contribution in [3.63, 3.8) is 0 Å². The molecule has 4 amide bonds. The average molecular weight is 783 g/mol. The maximum absolute atomic E-state index is 14.2. The van der Waals surface area contributed by atoms with Crippen LogP contribution in [0.2, 0.25) is 0 Å². The summed E-state index contributed by atoms with van der Waals surface area (Å²) in [5.41, 5.74) is 6.11. The molecule has 2 aliphatic heterocycles. The van der Waals surface area contributed by atoms with Gasteiger partial charge >= 0.3 is 0 Å². The number of nitrogens with one attached hydrogen (secondary N) is 2. The molecule has 0 aliphatic carbocycles. The number of hydrogen-bond donors (Lipinski definition) is 3. The third kappa shape index (κ3) is 10.9. The number of aromatic nitrogens is 1. The van der Waals surface area contributed by atoms with Crippen LogP contribution in [0.3, 0.4) is 0 Å². The molecular formula is C42H66N6O6S. The fourth-order valence-electron chi connectivity index (χ4n) is 8.73. The van der Waals surface area contributed by atoms with Crippen LogP contribution in [0.15, 0.2) is 41.9 Å². The SMILES string of the molecule is CC[C@H](C)[C@@H](CNC(=O)[C@H](C(C)C)N1CCCCC1(C)C(N)=O)[C@H](CC(=O)N1CCC[C@H]1[C@H](OC)[C@@H](C)C(=O)N[C@@H](Cc1ccccc1)c1nccs1)OC. The predicted molar refractivity (Wildman–Crippen MR) is 216 cm³/mol. The Hall–Kier alpha value is -3.39. The predicted octanol–water partition coefficient (Wildman–Crippen LogP) is 5.12. The van der Waals surface area contributed by atoms with Crippen LogP contribution in [0.25, 0.3) is 0 Å². The number of nitrogens with two attached hydrogens (primary N) is 1. The highest BCUT2D eigenvalue weighted by molar-refractivity contribution is 7.09. The number of primary amides is 1. The fraction of sp³-hybridized carbons (Fsp3) is 0.690. The minimum Gasteiger partial charge on any atom is -0.381 e. The van der Waals surface area contributed by atoms with Crippen LogP contribution >= 0.6 is 11.3 Å². The lowest BCUT2D eigenvalue weighted by Crippen LogP contribution is -2.65. The van der Waals surface area contributed by atoms with Crippen molar-refractivity contribution < 1.29 is 28.7 Å². The number of hydrogen-bond acceptors (Lipinski definition) is 9. The summed E-state index contributed by atoms with van der Waals surface area (Å²) in [4.78, 5) is 63.1. The first-order chi connectivity index (χ1) is 26.3. The Morgan fingerprint density at radius 2 is 1.75 bits per heavy atom. The fourth-order valence-corrected chi connectivity index (χ4v) is 9.42. The second-order valence-corrected chi connectivity index (χ2v) is 17.1. The van der Waals surface area contributed by atoms with Gasteiger partial charge in [0.1, 0.15) is 5.01 Å². The number of carbonyl (C=O) groups is 4. The number of nitrogens with zero attached hydrogens (tertiary/aromatic N) is 3. The first kappa shape index (κ1) is 44.3. The van der Waals surface area contributed by atoms with Gasteiger partial charge in [0.15, 0.2) is 0 Å². The molecule has 55 heavy (non-hydrogen) atoms. The summed E-state index contributed by atoms with van der Waals surface area (Å²) in [6, 6.07) is 8.94. The van der Waals surface area contributed by atoms with Gasteiger partial charge in [-0.25, -0.2) is 4.98 Å². The molecule has 4 N–H and O–H groups in total. The molecule has 4 rings (SSSR count). The van der Waals surface area contributed by atoms with Gasteiger partial charge in [-0.3, -0.25) is 24.1 Å². The number of carbonyl (C=O) groups excluding carboxylic acids is 4. The van der Waals surface area contributed by atoms with Gasteiger partial charge < -0.3 is 30.7 Å². The lowest BCUT2D eigenvalue weighted by atomic mass is 9.83. The minimum absolute atomic E-state index is 0.0500. The number of ether oxygens (including phenoxy) is 2.